The number of para-hydroxylation sites is 1. The van der Waals surface area contributed by atoms with Crippen LogP contribution in [0.25, 0.3) is 0 Å². The molecule has 1 aliphatic rings. The molecule has 6 nitrogen and oxygen atoms in total. The van der Waals surface area contributed by atoms with Gasteiger partial charge in [-0.05, 0) is 12.1 Å². The minimum Gasteiger partial charge on any atom is -0.478 e. The van der Waals surface area contributed by atoms with Gasteiger partial charge >= 0.3 is 12.0 Å². The molecular formula is C13H16N2O4V. The number of carbonyl (C=O) groups is 3. The number of amides is 3. The fourth-order valence-corrected chi connectivity index (χ4v) is 1.71. The number of aromatic carboxylic acids is 1. The van der Waals surface area contributed by atoms with Gasteiger partial charge in [-0.25, -0.2) is 14.5 Å². The summed E-state index contributed by atoms with van der Waals surface area (Å²) in [6.07, 6.45) is 0. The summed E-state index contributed by atoms with van der Waals surface area (Å²) in [6, 6.07) is 5.42. The van der Waals surface area contributed by atoms with Crippen LogP contribution in [0.3, 0.4) is 0 Å². The Balaban J connectivity index is 0.00000115. The number of likely N-dealkylation sites (N-methyl/N-ethyl adjacent to an activating group) is 1. The van der Waals surface area contributed by atoms with Crippen LogP contribution in [0.2, 0.25) is 0 Å². The average Bonchev–Trinajstić information content (AvgIpc) is 2.65. The Bertz CT molecular complexity index is 519. The summed E-state index contributed by atoms with van der Waals surface area (Å²) in [7, 11) is 1.49. The number of hydrogen-bond acceptors (Lipinski definition) is 3. The largest absolute Gasteiger partial charge is 0.478 e. The van der Waals surface area contributed by atoms with Crippen LogP contribution in [0.4, 0.5) is 10.5 Å². The van der Waals surface area contributed by atoms with Crippen molar-refractivity contribution in [2.24, 2.45) is 0 Å². The van der Waals surface area contributed by atoms with Crippen molar-refractivity contribution in [1.29, 1.82) is 0 Å². The van der Waals surface area contributed by atoms with Crippen molar-refractivity contribution in [3.63, 3.8) is 0 Å². The van der Waals surface area contributed by atoms with E-state index in [1.165, 1.54) is 24.1 Å². The molecule has 0 aromatic heterocycles. The van der Waals surface area contributed by atoms with Crippen molar-refractivity contribution < 1.29 is 38.0 Å². The second kappa shape index (κ2) is 7.72. The van der Waals surface area contributed by atoms with Crippen LogP contribution in [0.5, 0.6) is 0 Å². The van der Waals surface area contributed by atoms with E-state index in [0.29, 0.717) is 0 Å². The molecule has 3 amide bonds. The standard InChI is InChI=1S/C11H10N2O4.C2H6.V/c1-12-6-9(14)13(11(12)17)8-5-3-2-4-7(8)10(15)16;1-2;/h2-5H,6H2,1H3,(H,15,16);1-2H3;. The number of hydrogen-bond donors (Lipinski definition) is 1. The Morgan fingerprint density at radius 2 is 1.75 bits per heavy atom. The van der Waals surface area contributed by atoms with Gasteiger partial charge in [0.15, 0.2) is 0 Å². The van der Waals surface area contributed by atoms with Crippen LogP contribution in [0.15, 0.2) is 24.3 Å². The van der Waals surface area contributed by atoms with Crippen LogP contribution in [-0.2, 0) is 23.4 Å². The Labute approximate surface area is 129 Å². The third-order valence-corrected chi connectivity index (χ3v) is 2.52. The molecule has 2 rings (SSSR count). The van der Waals surface area contributed by atoms with Gasteiger partial charge in [0.2, 0.25) is 0 Å². The van der Waals surface area contributed by atoms with Crippen molar-refractivity contribution in [3.8, 4) is 0 Å². The molecule has 1 N–H and O–H groups in total. The molecule has 7 heteroatoms. The Hall–Kier alpha value is -1.79. The van der Waals surface area contributed by atoms with Gasteiger partial charge in [0.25, 0.3) is 5.91 Å². The molecule has 0 bridgehead atoms. The van der Waals surface area contributed by atoms with Gasteiger partial charge in [-0.2, -0.15) is 0 Å². The fourth-order valence-electron chi connectivity index (χ4n) is 1.71. The van der Waals surface area contributed by atoms with E-state index in [9.17, 15) is 14.4 Å². The van der Waals surface area contributed by atoms with Crippen LogP contribution >= 0.6 is 0 Å². The zero-order chi connectivity index (χ0) is 14.6. The molecule has 0 atom stereocenters. The molecule has 20 heavy (non-hydrogen) atoms. The number of rotatable bonds is 2. The maximum absolute atomic E-state index is 11.7. The first-order chi connectivity index (χ1) is 9.02. The minimum atomic E-state index is -1.17. The van der Waals surface area contributed by atoms with Gasteiger partial charge in [-0.3, -0.25) is 4.79 Å². The molecule has 1 aromatic rings. The molecular weight excluding hydrogens is 299 g/mol. The summed E-state index contributed by atoms with van der Waals surface area (Å²) < 4.78 is 0. The second-order valence-electron chi connectivity index (χ2n) is 3.69. The molecule has 0 spiro atoms. The van der Waals surface area contributed by atoms with E-state index in [2.05, 4.69) is 0 Å². The summed E-state index contributed by atoms with van der Waals surface area (Å²) in [5.74, 6) is -1.60. The van der Waals surface area contributed by atoms with E-state index in [1.807, 2.05) is 13.8 Å². The number of benzene rings is 1. The molecule has 107 valence electrons. The number of carboxylic acids is 1. The summed E-state index contributed by atoms with van der Waals surface area (Å²) in [5.41, 5.74) is 0.0452. The monoisotopic (exact) mass is 315 g/mol. The third-order valence-electron chi connectivity index (χ3n) is 2.52. The van der Waals surface area contributed by atoms with Crippen molar-refractivity contribution in [2.75, 3.05) is 18.5 Å². The van der Waals surface area contributed by atoms with Crippen molar-refractivity contribution in [2.45, 2.75) is 13.8 Å². The van der Waals surface area contributed by atoms with Crippen LogP contribution in [0, 0.1) is 0 Å². The summed E-state index contributed by atoms with van der Waals surface area (Å²) >= 11 is 0. The summed E-state index contributed by atoms with van der Waals surface area (Å²) in [5, 5.41) is 9.00. The molecule has 1 radical (unpaired) electrons. The Morgan fingerprint density at radius 3 is 2.20 bits per heavy atom. The summed E-state index contributed by atoms with van der Waals surface area (Å²) in [6.45, 7) is 3.97. The van der Waals surface area contributed by atoms with Gasteiger partial charge in [0, 0.05) is 25.6 Å². The van der Waals surface area contributed by atoms with Crippen molar-refractivity contribution in [3.05, 3.63) is 29.8 Å². The zero-order valence-corrected chi connectivity index (χ0v) is 12.9. The average molecular weight is 315 g/mol. The number of urea groups is 1. The Morgan fingerprint density at radius 1 is 1.20 bits per heavy atom. The van der Waals surface area contributed by atoms with Crippen LogP contribution in [0.1, 0.15) is 24.2 Å². The fraction of sp³-hybridized carbons (Fsp3) is 0.308. The van der Waals surface area contributed by atoms with Gasteiger partial charge in [-0.15, -0.1) is 0 Å². The molecule has 0 unspecified atom stereocenters. The smallest absolute Gasteiger partial charge is 0.337 e. The van der Waals surface area contributed by atoms with Crippen molar-refractivity contribution >= 4 is 23.6 Å². The first-order valence-corrected chi connectivity index (χ1v) is 5.92. The van der Waals surface area contributed by atoms with Crippen LogP contribution < -0.4 is 4.90 Å². The van der Waals surface area contributed by atoms with E-state index in [-0.39, 0.29) is 36.4 Å². The molecule has 1 heterocycles. The van der Waals surface area contributed by atoms with E-state index in [0.717, 1.165) is 4.90 Å². The van der Waals surface area contributed by atoms with Gasteiger partial charge in [-0.1, -0.05) is 26.0 Å². The molecule has 1 aromatic carbocycles. The van der Waals surface area contributed by atoms with Crippen molar-refractivity contribution in [1.82, 2.24) is 4.90 Å². The topological polar surface area (TPSA) is 77.9 Å². The number of anilines is 1. The summed E-state index contributed by atoms with van der Waals surface area (Å²) in [4.78, 5) is 36.5. The molecule has 1 fully saturated rings. The third kappa shape index (κ3) is 3.40. The second-order valence-corrected chi connectivity index (χ2v) is 3.69. The molecule has 1 aliphatic heterocycles. The maximum atomic E-state index is 11.7. The predicted molar refractivity (Wildman–Crippen MR) is 70.3 cm³/mol. The van der Waals surface area contributed by atoms with E-state index >= 15 is 0 Å². The first-order valence-electron chi connectivity index (χ1n) is 5.92. The maximum Gasteiger partial charge on any atom is 0.337 e. The van der Waals surface area contributed by atoms with Gasteiger partial charge in [0.05, 0.1) is 11.3 Å². The van der Waals surface area contributed by atoms with E-state index in [4.69, 9.17) is 5.11 Å². The normalized spacial score (nSPS) is 13.6. The van der Waals surface area contributed by atoms with Gasteiger partial charge in [0.1, 0.15) is 6.54 Å². The molecule has 0 saturated carbocycles. The SMILES string of the molecule is CC.CN1CC(=O)N(c2ccccc2C(=O)O)C1=O.[V]. The minimum absolute atomic E-state index is 0. The van der Waals surface area contributed by atoms with Crippen LogP contribution in [-0.4, -0.2) is 41.5 Å². The first kappa shape index (κ1) is 18.2. The predicted octanol–water partition coefficient (Wildman–Crippen LogP) is 1.81. The number of carboxylic acid groups (broad SMARTS) is 1. The number of imide groups is 1. The van der Waals surface area contributed by atoms with Gasteiger partial charge < -0.3 is 10.0 Å². The zero-order valence-electron chi connectivity index (χ0n) is 11.5. The molecule has 1 saturated heterocycles. The van der Waals surface area contributed by atoms with E-state index < -0.39 is 17.9 Å². The van der Waals surface area contributed by atoms with E-state index in [1.54, 1.807) is 12.1 Å². The number of nitrogens with zero attached hydrogens (tertiary/aromatic N) is 2. The Kier molecular flexibility index (Phi) is 7.03. The quantitative estimate of drug-likeness (QED) is 0.844. The molecule has 0 aliphatic carbocycles. The number of carbonyl (C=O) groups excluding carboxylic acids is 2.